The molecule has 1 amide bonds. The summed E-state index contributed by atoms with van der Waals surface area (Å²) in [6.45, 7) is 1.01. The van der Waals surface area contributed by atoms with Crippen molar-refractivity contribution >= 4 is 18.3 Å². The van der Waals surface area contributed by atoms with Crippen LogP contribution in [-0.2, 0) is 11.2 Å². The topological polar surface area (TPSA) is 64.3 Å². The van der Waals surface area contributed by atoms with Crippen LogP contribution in [-0.4, -0.2) is 26.1 Å². The number of carbonyl (C=O) groups is 1. The van der Waals surface area contributed by atoms with Gasteiger partial charge in [-0.25, -0.2) is 4.39 Å². The second kappa shape index (κ2) is 9.58. The maximum Gasteiger partial charge on any atom is 0.220 e. The lowest BCUT2D eigenvalue weighted by atomic mass is 10.1. The zero-order valence-corrected chi connectivity index (χ0v) is 11.8. The largest absolute Gasteiger partial charge is 0.494 e. The number of hydrogen-bond donors (Lipinski definition) is 2. The Hall–Kier alpha value is -1.33. The fourth-order valence-corrected chi connectivity index (χ4v) is 1.56. The van der Waals surface area contributed by atoms with E-state index in [9.17, 15) is 9.18 Å². The summed E-state index contributed by atoms with van der Waals surface area (Å²) in [5.41, 5.74) is 6.13. The Morgan fingerprint density at radius 2 is 2.21 bits per heavy atom. The van der Waals surface area contributed by atoms with Gasteiger partial charge in [0.15, 0.2) is 11.6 Å². The molecular formula is C13H20ClFN2O2. The van der Waals surface area contributed by atoms with E-state index in [0.29, 0.717) is 32.4 Å². The summed E-state index contributed by atoms with van der Waals surface area (Å²) < 4.78 is 18.2. The number of amides is 1. The molecule has 0 saturated carbocycles. The van der Waals surface area contributed by atoms with E-state index in [1.54, 1.807) is 12.1 Å². The molecule has 0 bridgehead atoms. The molecule has 0 unspecified atom stereocenters. The van der Waals surface area contributed by atoms with Gasteiger partial charge in [0.2, 0.25) is 5.91 Å². The maximum absolute atomic E-state index is 13.4. The average molecular weight is 291 g/mol. The zero-order chi connectivity index (χ0) is 13.4. The van der Waals surface area contributed by atoms with Gasteiger partial charge in [0, 0.05) is 13.0 Å². The Labute approximate surface area is 118 Å². The smallest absolute Gasteiger partial charge is 0.220 e. The summed E-state index contributed by atoms with van der Waals surface area (Å²) in [6, 6.07) is 4.79. The fraction of sp³-hybridized carbons (Fsp3) is 0.462. The minimum Gasteiger partial charge on any atom is -0.494 e. The second-order valence-corrected chi connectivity index (χ2v) is 3.96. The summed E-state index contributed by atoms with van der Waals surface area (Å²) in [6.07, 6.45) is 1.71. The zero-order valence-electron chi connectivity index (χ0n) is 10.9. The van der Waals surface area contributed by atoms with Gasteiger partial charge in [-0.3, -0.25) is 4.79 Å². The standard InChI is InChI=1S/C13H19FN2O2.ClH/c1-18-12-5-4-10(9-11(12)14)6-8-16-13(17)3-2-7-15;/h4-5,9H,2-3,6-8,15H2,1H3,(H,16,17);1H. The Morgan fingerprint density at radius 3 is 2.79 bits per heavy atom. The maximum atomic E-state index is 13.4. The van der Waals surface area contributed by atoms with Crippen LogP contribution in [0.2, 0.25) is 0 Å². The van der Waals surface area contributed by atoms with Crippen LogP contribution in [0.15, 0.2) is 18.2 Å². The molecule has 1 aromatic carbocycles. The summed E-state index contributed by atoms with van der Waals surface area (Å²) in [7, 11) is 1.43. The number of benzene rings is 1. The number of nitrogens with one attached hydrogen (secondary N) is 1. The van der Waals surface area contributed by atoms with Gasteiger partial charge < -0.3 is 15.8 Å². The van der Waals surface area contributed by atoms with Crippen molar-refractivity contribution in [1.82, 2.24) is 5.32 Å². The molecule has 19 heavy (non-hydrogen) atoms. The molecule has 0 aliphatic rings. The van der Waals surface area contributed by atoms with E-state index in [0.717, 1.165) is 5.56 Å². The van der Waals surface area contributed by atoms with E-state index >= 15 is 0 Å². The third-order valence-corrected chi connectivity index (χ3v) is 2.56. The predicted molar refractivity (Wildman–Crippen MR) is 75.2 cm³/mol. The van der Waals surface area contributed by atoms with E-state index < -0.39 is 0 Å². The van der Waals surface area contributed by atoms with E-state index in [1.807, 2.05) is 0 Å². The highest BCUT2D eigenvalue weighted by molar-refractivity contribution is 5.85. The molecular weight excluding hydrogens is 271 g/mol. The number of hydrogen-bond acceptors (Lipinski definition) is 3. The Kier molecular flexibility index (Phi) is 8.91. The molecule has 3 N–H and O–H groups in total. The quantitative estimate of drug-likeness (QED) is 0.803. The second-order valence-electron chi connectivity index (χ2n) is 3.96. The van der Waals surface area contributed by atoms with Gasteiger partial charge in [0.1, 0.15) is 0 Å². The molecule has 0 spiro atoms. The lowest BCUT2D eigenvalue weighted by Crippen LogP contribution is -2.26. The highest BCUT2D eigenvalue weighted by atomic mass is 35.5. The molecule has 0 heterocycles. The summed E-state index contributed by atoms with van der Waals surface area (Å²) in [5.74, 6) is -0.176. The number of carbonyl (C=O) groups excluding carboxylic acids is 1. The van der Waals surface area contributed by atoms with Gasteiger partial charge in [-0.1, -0.05) is 6.07 Å². The van der Waals surface area contributed by atoms with Crippen molar-refractivity contribution in [2.45, 2.75) is 19.3 Å². The normalized spacial score (nSPS) is 9.63. The third-order valence-electron chi connectivity index (χ3n) is 2.56. The molecule has 0 aliphatic carbocycles. The van der Waals surface area contributed by atoms with Crippen molar-refractivity contribution in [3.05, 3.63) is 29.6 Å². The lowest BCUT2D eigenvalue weighted by molar-refractivity contribution is -0.121. The average Bonchev–Trinajstić information content (AvgIpc) is 2.36. The van der Waals surface area contributed by atoms with Crippen molar-refractivity contribution < 1.29 is 13.9 Å². The van der Waals surface area contributed by atoms with Gasteiger partial charge in [-0.2, -0.15) is 0 Å². The van der Waals surface area contributed by atoms with Gasteiger partial charge in [0.05, 0.1) is 7.11 Å². The van der Waals surface area contributed by atoms with E-state index in [2.05, 4.69) is 5.32 Å². The van der Waals surface area contributed by atoms with Crippen LogP contribution in [0, 0.1) is 5.82 Å². The summed E-state index contributed by atoms with van der Waals surface area (Å²) in [4.78, 5) is 11.3. The monoisotopic (exact) mass is 290 g/mol. The first-order chi connectivity index (χ1) is 8.67. The Morgan fingerprint density at radius 1 is 1.47 bits per heavy atom. The highest BCUT2D eigenvalue weighted by Gasteiger charge is 2.04. The van der Waals surface area contributed by atoms with E-state index in [-0.39, 0.29) is 29.9 Å². The van der Waals surface area contributed by atoms with Crippen LogP contribution in [0.4, 0.5) is 4.39 Å². The van der Waals surface area contributed by atoms with Gasteiger partial charge >= 0.3 is 0 Å². The molecule has 0 radical (unpaired) electrons. The number of methoxy groups -OCH3 is 1. The molecule has 6 heteroatoms. The van der Waals surface area contributed by atoms with Crippen molar-refractivity contribution in [2.24, 2.45) is 5.73 Å². The first kappa shape index (κ1) is 17.7. The molecule has 0 atom stereocenters. The molecule has 0 saturated heterocycles. The SMILES string of the molecule is COc1ccc(CCNC(=O)CCCN)cc1F.Cl. The first-order valence-electron chi connectivity index (χ1n) is 5.96. The van der Waals surface area contributed by atoms with Crippen LogP contribution in [0.5, 0.6) is 5.75 Å². The molecule has 108 valence electrons. The molecule has 4 nitrogen and oxygen atoms in total. The fourth-order valence-electron chi connectivity index (χ4n) is 1.56. The van der Waals surface area contributed by atoms with Crippen molar-refractivity contribution in [2.75, 3.05) is 20.2 Å². The van der Waals surface area contributed by atoms with Crippen LogP contribution in [0.25, 0.3) is 0 Å². The van der Waals surface area contributed by atoms with Gasteiger partial charge in [0.25, 0.3) is 0 Å². The van der Waals surface area contributed by atoms with Crippen molar-refractivity contribution in [3.63, 3.8) is 0 Å². The number of halogens is 2. The number of nitrogens with two attached hydrogens (primary N) is 1. The van der Waals surface area contributed by atoms with Gasteiger partial charge in [-0.05, 0) is 37.1 Å². The molecule has 0 fully saturated rings. The molecule has 1 aromatic rings. The van der Waals surface area contributed by atoms with Crippen molar-refractivity contribution in [1.29, 1.82) is 0 Å². The summed E-state index contributed by atoms with van der Waals surface area (Å²) >= 11 is 0. The van der Waals surface area contributed by atoms with Crippen LogP contribution in [0.1, 0.15) is 18.4 Å². The molecule has 0 aromatic heterocycles. The Balaban J connectivity index is 0.00000324. The lowest BCUT2D eigenvalue weighted by Gasteiger charge is -2.06. The van der Waals surface area contributed by atoms with E-state index in [1.165, 1.54) is 13.2 Å². The molecule has 0 aliphatic heterocycles. The van der Waals surface area contributed by atoms with Crippen LogP contribution < -0.4 is 15.8 Å². The van der Waals surface area contributed by atoms with Crippen molar-refractivity contribution in [3.8, 4) is 5.75 Å². The van der Waals surface area contributed by atoms with Gasteiger partial charge in [-0.15, -0.1) is 12.4 Å². The number of rotatable bonds is 7. The molecule has 1 rings (SSSR count). The highest BCUT2D eigenvalue weighted by Crippen LogP contribution is 2.17. The minimum absolute atomic E-state index is 0. The van der Waals surface area contributed by atoms with Crippen LogP contribution >= 0.6 is 12.4 Å². The summed E-state index contributed by atoms with van der Waals surface area (Å²) in [5, 5.41) is 2.77. The Bertz CT molecular complexity index is 402. The first-order valence-corrected chi connectivity index (χ1v) is 5.96. The minimum atomic E-state index is -0.385. The third kappa shape index (κ3) is 6.40. The van der Waals surface area contributed by atoms with Crippen LogP contribution in [0.3, 0.4) is 0 Å². The van der Waals surface area contributed by atoms with E-state index in [4.69, 9.17) is 10.5 Å². The predicted octanol–water partition coefficient (Wildman–Crippen LogP) is 1.65. The number of ether oxygens (including phenoxy) is 1.